The molecule has 1 aromatic carbocycles. The molecule has 5 heteroatoms. The second-order valence-corrected chi connectivity index (χ2v) is 4.23. The van der Waals surface area contributed by atoms with Gasteiger partial charge in [0.05, 0.1) is 12.5 Å². The van der Waals surface area contributed by atoms with Crippen LogP contribution in [0.2, 0.25) is 5.02 Å². The first kappa shape index (κ1) is 10.2. The summed E-state index contributed by atoms with van der Waals surface area (Å²) in [5, 5.41) is 5.71. The van der Waals surface area contributed by atoms with Crippen LogP contribution in [-0.2, 0) is 7.05 Å². The van der Waals surface area contributed by atoms with Crippen molar-refractivity contribution in [1.82, 2.24) is 9.78 Å². The van der Waals surface area contributed by atoms with Gasteiger partial charge >= 0.3 is 0 Å². The van der Waals surface area contributed by atoms with Crippen LogP contribution >= 0.6 is 11.6 Å². The topological polar surface area (TPSA) is 57.0 Å². The monoisotopic (exact) mass is 247 g/mol. The Hall–Kier alpha value is -1.94. The fraction of sp³-hybridized carbons (Fsp3) is 0.0833. The number of nitrogens with zero attached hydrogens (tertiary/aromatic N) is 2. The number of fused-ring (bicyclic) bond motifs is 1. The Kier molecular flexibility index (Phi) is 2.12. The van der Waals surface area contributed by atoms with Gasteiger partial charge in [0.1, 0.15) is 11.4 Å². The highest BCUT2D eigenvalue weighted by Gasteiger charge is 2.15. The zero-order chi connectivity index (χ0) is 12.0. The normalized spacial score (nSPS) is 11.2. The summed E-state index contributed by atoms with van der Waals surface area (Å²) in [4.78, 5) is 0. The van der Waals surface area contributed by atoms with Crippen molar-refractivity contribution in [2.24, 2.45) is 7.05 Å². The first-order chi connectivity index (χ1) is 8.18. The van der Waals surface area contributed by atoms with Crippen molar-refractivity contribution >= 4 is 28.4 Å². The number of aryl methyl sites for hydroxylation is 1. The molecule has 0 aliphatic heterocycles. The van der Waals surface area contributed by atoms with Crippen LogP contribution < -0.4 is 5.73 Å². The Morgan fingerprint density at radius 3 is 2.88 bits per heavy atom. The predicted molar refractivity (Wildman–Crippen MR) is 67.8 cm³/mol. The van der Waals surface area contributed by atoms with E-state index in [0.29, 0.717) is 10.8 Å². The molecular formula is C12H10ClN3O. The van der Waals surface area contributed by atoms with Crippen LogP contribution in [0.4, 0.5) is 5.82 Å². The lowest BCUT2D eigenvalue weighted by Crippen LogP contribution is -1.98. The summed E-state index contributed by atoms with van der Waals surface area (Å²) in [5.41, 5.74) is 8.45. The molecule has 2 N–H and O–H groups in total. The molecule has 17 heavy (non-hydrogen) atoms. The van der Waals surface area contributed by atoms with E-state index in [-0.39, 0.29) is 0 Å². The average Bonchev–Trinajstić information content (AvgIpc) is 2.89. The average molecular weight is 248 g/mol. The Labute approximate surface area is 103 Å². The van der Waals surface area contributed by atoms with Gasteiger partial charge in [-0.05, 0) is 18.2 Å². The standard InChI is InChI=1S/C12H10ClN3O/c1-16-12(14)8(6-15-16)11-7-4-5-17-10(7)3-2-9(11)13/h2-6H,14H2,1H3. The first-order valence-corrected chi connectivity index (χ1v) is 5.50. The van der Waals surface area contributed by atoms with E-state index in [1.807, 2.05) is 12.1 Å². The van der Waals surface area contributed by atoms with E-state index in [2.05, 4.69) is 5.10 Å². The summed E-state index contributed by atoms with van der Waals surface area (Å²) in [6.45, 7) is 0. The summed E-state index contributed by atoms with van der Waals surface area (Å²) in [6, 6.07) is 5.52. The third kappa shape index (κ3) is 1.41. The van der Waals surface area contributed by atoms with Gasteiger partial charge in [0.25, 0.3) is 0 Å². The zero-order valence-electron chi connectivity index (χ0n) is 9.14. The second kappa shape index (κ2) is 3.53. The predicted octanol–water partition coefficient (Wildman–Crippen LogP) is 3.07. The molecule has 86 valence electrons. The van der Waals surface area contributed by atoms with Crippen LogP contribution in [0, 0.1) is 0 Å². The molecule has 0 atom stereocenters. The minimum atomic E-state index is 0.584. The van der Waals surface area contributed by atoms with Gasteiger partial charge in [0.2, 0.25) is 0 Å². The highest BCUT2D eigenvalue weighted by Crippen LogP contribution is 2.38. The van der Waals surface area contributed by atoms with Crippen LogP contribution in [0.15, 0.2) is 35.1 Å². The van der Waals surface area contributed by atoms with Crippen molar-refractivity contribution in [2.75, 3.05) is 5.73 Å². The molecule has 2 aromatic heterocycles. The van der Waals surface area contributed by atoms with Gasteiger partial charge < -0.3 is 10.2 Å². The molecule has 3 rings (SSSR count). The van der Waals surface area contributed by atoms with Gasteiger partial charge in [-0.1, -0.05) is 11.6 Å². The summed E-state index contributed by atoms with van der Waals surface area (Å²) < 4.78 is 6.97. The Balaban J connectivity index is 2.40. The minimum absolute atomic E-state index is 0.584. The molecule has 0 aliphatic rings. The Bertz CT molecular complexity index is 699. The molecule has 0 saturated carbocycles. The van der Waals surface area contributed by atoms with E-state index < -0.39 is 0 Å². The second-order valence-electron chi connectivity index (χ2n) is 3.82. The number of hydrogen-bond acceptors (Lipinski definition) is 3. The quantitative estimate of drug-likeness (QED) is 0.719. The molecule has 0 aliphatic carbocycles. The third-order valence-corrected chi connectivity index (χ3v) is 3.15. The fourth-order valence-electron chi connectivity index (χ4n) is 1.93. The van der Waals surface area contributed by atoms with Crippen LogP contribution in [0.1, 0.15) is 0 Å². The number of nitrogen functional groups attached to an aromatic ring is 1. The minimum Gasteiger partial charge on any atom is -0.464 e. The van der Waals surface area contributed by atoms with Gasteiger partial charge in [-0.3, -0.25) is 4.68 Å². The van der Waals surface area contributed by atoms with Crippen LogP contribution in [0.5, 0.6) is 0 Å². The molecule has 0 amide bonds. The van der Waals surface area contributed by atoms with Gasteiger partial charge in [-0.15, -0.1) is 0 Å². The number of hydrogen-bond donors (Lipinski definition) is 1. The van der Waals surface area contributed by atoms with Gasteiger partial charge in [0, 0.05) is 28.6 Å². The maximum atomic E-state index is 6.24. The molecule has 0 saturated heterocycles. The molecule has 2 heterocycles. The Morgan fingerprint density at radius 1 is 1.35 bits per heavy atom. The lowest BCUT2D eigenvalue weighted by atomic mass is 10.0. The Morgan fingerprint density at radius 2 is 2.18 bits per heavy atom. The zero-order valence-corrected chi connectivity index (χ0v) is 9.90. The molecule has 4 nitrogen and oxygen atoms in total. The van der Waals surface area contributed by atoms with Crippen LogP contribution in [-0.4, -0.2) is 9.78 Å². The molecule has 0 radical (unpaired) electrons. The summed E-state index contributed by atoms with van der Waals surface area (Å²) in [6.07, 6.45) is 3.35. The summed E-state index contributed by atoms with van der Waals surface area (Å²) in [5.74, 6) is 0.584. The smallest absolute Gasteiger partial charge is 0.134 e. The molecule has 0 bridgehead atoms. The highest BCUT2D eigenvalue weighted by molar-refractivity contribution is 6.35. The van der Waals surface area contributed by atoms with E-state index >= 15 is 0 Å². The van der Waals surface area contributed by atoms with E-state index in [1.165, 1.54) is 0 Å². The number of anilines is 1. The van der Waals surface area contributed by atoms with E-state index in [9.17, 15) is 0 Å². The highest BCUT2D eigenvalue weighted by atomic mass is 35.5. The molecule has 0 unspecified atom stereocenters. The van der Waals surface area contributed by atoms with Crippen molar-refractivity contribution in [3.8, 4) is 11.1 Å². The molecule has 3 aromatic rings. The van der Waals surface area contributed by atoms with Crippen LogP contribution in [0.25, 0.3) is 22.1 Å². The van der Waals surface area contributed by atoms with E-state index in [1.54, 1.807) is 30.3 Å². The van der Waals surface area contributed by atoms with Gasteiger partial charge in [-0.2, -0.15) is 5.10 Å². The SMILES string of the molecule is Cn1ncc(-c2c(Cl)ccc3occc23)c1N. The third-order valence-electron chi connectivity index (χ3n) is 2.84. The van der Waals surface area contributed by atoms with Crippen LogP contribution in [0.3, 0.4) is 0 Å². The van der Waals surface area contributed by atoms with Gasteiger partial charge in [0.15, 0.2) is 0 Å². The maximum absolute atomic E-state index is 6.24. The fourth-order valence-corrected chi connectivity index (χ4v) is 2.20. The number of furan rings is 1. The van der Waals surface area contributed by atoms with E-state index in [0.717, 1.165) is 22.1 Å². The first-order valence-electron chi connectivity index (χ1n) is 5.12. The van der Waals surface area contributed by atoms with Crippen molar-refractivity contribution in [1.29, 1.82) is 0 Å². The van der Waals surface area contributed by atoms with Crippen molar-refractivity contribution < 1.29 is 4.42 Å². The van der Waals surface area contributed by atoms with Crippen molar-refractivity contribution in [3.63, 3.8) is 0 Å². The number of halogens is 1. The lowest BCUT2D eigenvalue weighted by molar-refractivity contribution is 0.616. The lowest BCUT2D eigenvalue weighted by Gasteiger charge is -2.05. The molecule has 0 fully saturated rings. The number of rotatable bonds is 1. The molecule has 0 spiro atoms. The number of benzene rings is 1. The van der Waals surface area contributed by atoms with Crippen molar-refractivity contribution in [3.05, 3.63) is 35.7 Å². The maximum Gasteiger partial charge on any atom is 0.134 e. The van der Waals surface area contributed by atoms with Crippen molar-refractivity contribution in [2.45, 2.75) is 0 Å². The molecular weight excluding hydrogens is 238 g/mol. The number of aromatic nitrogens is 2. The van der Waals surface area contributed by atoms with Gasteiger partial charge in [-0.25, -0.2) is 0 Å². The number of nitrogens with two attached hydrogens (primary N) is 1. The summed E-state index contributed by atoms with van der Waals surface area (Å²) in [7, 11) is 1.79. The van der Waals surface area contributed by atoms with E-state index in [4.69, 9.17) is 21.8 Å². The summed E-state index contributed by atoms with van der Waals surface area (Å²) >= 11 is 6.24. The largest absolute Gasteiger partial charge is 0.464 e.